The van der Waals surface area contributed by atoms with Gasteiger partial charge in [0.15, 0.2) is 0 Å². The van der Waals surface area contributed by atoms with Crippen molar-refractivity contribution in [2.75, 3.05) is 11.5 Å². The third-order valence-electron chi connectivity index (χ3n) is 4.22. The van der Waals surface area contributed by atoms with Crippen LogP contribution in [0.1, 0.15) is 38.5 Å². The number of hydrogen-bond donors (Lipinski definition) is 3. The van der Waals surface area contributed by atoms with Gasteiger partial charge in [0.2, 0.25) is 0 Å². The number of carboxylic acids is 1. The van der Waals surface area contributed by atoms with Crippen molar-refractivity contribution >= 4 is 15.7 Å². The van der Waals surface area contributed by atoms with Crippen molar-refractivity contribution in [3.63, 3.8) is 0 Å². The van der Waals surface area contributed by atoms with Gasteiger partial charge >= 0.3 is 12.1 Å². The molecule has 0 aromatic rings. The quantitative estimate of drug-likeness (QED) is 0.629. The number of alkyl halides is 3. The van der Waals surface area contributed by atoms with Crippen molar-refractivity contribution in [2.24, 2.45) is 17.6 Å². The summed E-state index contributed by atoms with van der Waals surface area (Å²) in [5, 5.41) is 8.62. The number of carbonyl (C=O) groups is 1. The Hall–Kier alpha value is -0.830. The molecule has 2 unspecified atom stereocenters. The van der Waals surface area contributed by atoms with E-state index in [-0.39, 0.29) is 24.3 Å². The average molecular weight is 344 g/mol. The van der Waals surface area contributed by atoms with Crippen molar-refractivity contribution in [3.05, 3.63) is 0 Å². The smallest absolute Gasteiger partial charge is 0.392 e. The summed E-state index contributed by atoms with van der Waals surface area (Å²) in [7, 11) is -3.24. The molecule has 0 aromatic heterocycles. The topological polar surface area (TPSA) is 104 Å². The van der Waals surface area contributed by atoms with E-state index in [0.29, 0.717) is 12.8 Å². The molecule has 0 spiro atoms. The lowest BCUT2D eigenvalue weighted by Gasteiger charge is -2.26. The summed E-state index contributed by atoms with van der Waals surface area (Å²) in [4.78, 5) is 10.6. The van der Waals surface area contributed by atoms with Crippen LogP contribution < -0.4 is 5.73 Å². The van der Waals surface area contributed by atoms with Crippen LogP contribution in [0.15, 0.2) is 0 Å². The summed E-state index contributed by atoms with van der Waals surface area (Å²) >= 11 is 0. The van der Waals surface area contributed by atoms with Gasteiger partial charge in [-0.3, -0.25) is 9.57 Å². The molecule has 130 valence electrons. The fraction of sp³-hybridized carbons (Fsp3) is 0.923. The Morgan fingerprint density at radius 2 is 1.77 bits per heavy atom. The zero-order chi connectivity index (χ0) is 17.0. The van der Waals surface area contributed by atoms with Gasteiger partial charge in [0, 0.05) is 21.2 Å². The highest BCUT2D eigenvalue weighted by Gasteiger charge is 2.45. The molecule has 0 bridgehead atoms. The average Bonchev–Trinajstić information content (AvgIpc) is 2.88. The molecule has 1 saturated carbocycles. The molecule has 1 rings (SSSR count). The molecule has 1 fully saturated rings. The summed E-state index contributed by atoms with van der Waals surface area (Å²) in [6.45, 7) is 0. The normalized spacial score (nSPS) is 22.2. The fourth-order valence-electron chi connectivity index (χ4n) is 2.89. The minimum absolute atomic E-state index is 0.169. The Kier molecular flexibility index (Phi) is 6.66. The number of rotatable bonds is 8. The maximum absolute atomic E-state index is 13.1. The maximum Gasteiger partial charge on any atom is 0.392 e. The largest absolute Gasteiger partial charge is 0.480 e. The van der Waals surface area contributed by atoms with Crippen molar-refractivity contribution in [3.8, 4) is 0 Å². The van der Waals surface area contributed by atoms with Gasteiger partial charge in [-0.2, -0.15) is 13.2 Å². The predicted molar refractivity (Wildman–Crippen MR) is 76.9 cm³/mol. The number of carboxylic acid groups (broad SMARTS) is 1. The molecule has 0 saturated heterocycles. The van der Waals surface area contributed by atoms with Gasteiger partial charge in [-0.15, -0.1) is 0 Å². The molecule has 22 heavy (non-hydrogen) atoms. The standard InChI is InChI=1S/C13H23F3N2O3S/c14-13(15,16)10(9-3-1-2-4-9)5-7-22(18,21)8-6-11(17)12(19)20/h9-11,18H,1-8,17H2,(H,19,20)/t10?,11-,22?/m0/s1. The second kappa shape index (κ2) is 7.63. The van der Waals surface area contributed by atoms with Gasteiger partial charge in [0.25, 0.3) is 0 Å². The second-order valence-electron chi connectivity index (χ2n) is 5.93. The number of aliphatic carboxylic acids is 1. The van der Waals surface area contributed by atoms with E-state index in [9.17, 15) is 22.2 Å². The molecule has 0 amide bonds. The molecular weight excluding hydrogens is 321 g/mol. The van der Waals surface area contributed by atoms with Crippen LogP contribution in [0, 0.1) is 16.6 Å². The zero-order valence-corrected chi connectivity index (χ0v) is 13.1. The molecule has 0 aliphatic heterocycles. The molecule has 0 radical (unpaired) electrons. The first-order valence-electron chi connectivity index (χ1n) is 7.32. The van der Waals surface area contributed by atoms with Crippen LogP contribution in [-0.2, 0) is 14.5 Å². The Bertz CT molecular complexity index is 473. The van der Waals surface area contributed by atoms with Gasteiger partial charge in [0.05, 0.1) is 5.92 Å². The van der Waals surface area contributed by atoms with Crippen LogP contribution in [0.5, 0.6) is 0 Å². The van der Waals surface area contributed by atoms with Gasteiger partial charge in [-0.25, -0.2) is 4.21 Å². The van der Waals surface area contributed by atoms with E-state index in [2.05, 4.69) is 0 Å². The van der Waals surface area contributed by atoms with E-state index in [1.807, 2.05) is 0 Å². The minimum atomic E-state index is -4.35. The maximum atomic E-state index is 13.1. The van der Waals surface area contributed by atoms with Crippen LogP contribution in [0.2, 0.25) is 0 Å². The summed E-state index contributed by atoms with van der Waals surface area (Å²) in [5.74, 6) is -3.88. The van der Waals surface area contributed by atoms with Gasteiger partial charge in [-0.05, 0) is 31.6 Å². The van der Waals surface area contributed by atoms with Crippen LogP contribution in [0.25, 0.3) is 0 Å². The lowest BCUT2D eigenvalue weighted by Crippen LogP contribution is -2.34. The fourth-order valence-corrected chi connectivity index (χ4v) is 4.36. The third kappa shape index (κ3) is 6.12. The SMILES string of the molecule is N=S(=O)(CCC(C1CCCC1)C(F)(F)F)CC[C@H](N)C(=O)O. The molecule has 1 aliphatic carbocycles. The molecule has 1 aliphatic rings. The van der Waals surface area contributed by atoms with Crippen molar-refractivity contribution in [2.45, 2.75) is 50.7 Å². The van der Waals surface area contributed by atoms with Gasteiger partial charge in [-0.1, -0.05) is 12.8 Å². The van der Waals surface area contributed by atoms with Crippen LogP contribution in [0.4, 0.5) is 13.2 Å². The first kappa shape index (κ1) is 19.2. The molecule has 3 atom stereocenters. The lowest BCUT2D eigenvalue weighted by molar-refractivity contribution is -0.188. The first-order chi connectivity index (χ1) is 10.0. The summed E-state index contributed by atoms with van der Waals surface area (Å²) in [6, 6.07) is -1.24. The summed E-state index contributed by atoms with van der Waals surface area (Å²) < 4.78 is 59.0. The zero-order valence-electron chi connectivity index (χ0n) is 12.3. The van der Waals surface area contributed by atoms with E-state index in [0.717, 1.165) is 12.8 Å². The number of hydrogen-bond acceptors (Lipinski definition) is 4. The van der Waals surface area contributed by atoms with Gasteiger partial charge in [0.1, 0.15) is 6.04 Å². The molecule has 0 heterocycles. The van der Waals surface area contributed by atoms with E-state index in [4.69, 9.17) is 15.6 Å². The van der Waals surface area contributed by atoms with Crippen molar-refractivity contribution in [1.82, 2.24) is 0 Å². The van der Waals surface area contributed by atoms with E-state index < -0.39 is 39.8 Å². The highest BCUT2D eigenvalue weighted by Crippen LogP contribution is 2.42. The van der Waals surface area contributed by atoms with Crippen molar-refractivity contribution in [1.29, 1.82) is 4.78 Å². The lowest BCUT2D eigenvalue weighted by atomic mass is 9.88. The highest BCUT2D eigenvalue weighted by atomic mass is 32.2. The van der Waals surface area contributed by atoms with Crippen LogP contribution in [0.3, 0.4) is 0 Å². The summed E-state index contributed by atoms with van der Waals surface area (Å²) in [6.07, 6.45) is -2.25. The summed E-state index contributed by atoms with van der Waals surface area (Å²) in [5.41, 5.74) is 5.26. The second-order valence-corrected chi connectivity index (χ2v) is 8.37. The highest BCUT2D eigenvalue weighted by molar-refractivity contribution is 7.92. The number of halogens is 3. The van der Waals surface area contributed by atoms with Crippen molar-refractivity contribution < 1.29 is 27.3 Å². The van der Waals surface area contributed by atoms with E-state index in [1.54, 1.807) is 0 Å². The monoisotopic (exact) mass is 344 g/mol. The molecule has 9 heteroatoms. The Balaban J connectivity index is 2.57. The first-order valence-corrected chi connectivity index (χ1v) is 9.22. The van der Waals surface area contributed by atoms with E-state index in [1.165, 1.54) is 0 Å². The van der Waals surface area contributed by atoms with E-state index >= 15 is 0 Å². The van der Waals surface area contributed by atoms with Gasteiger partial charge < -0.3 is 10.8 Å². The third-order valence-corrected chi connectivity index (χ3v) is 6.01. The Morgan fingerprint density at radius 1 is 1.27 bits per heavy atom. The minimum Gasteiger partial charge on any atom is -0.480 e. The van der Waals surface area contributed by atoms with Crippen LogP contribution in [-0.4, -0.2) is 39.0 Å². The number of nitrogens with two attached hydrogens (primary N) is 1. The Labute approximate surface area is 128 Å². The predicted octanol–water partition coefficient (Wildman–Crippen LogP) is 2.59. The molecule has 0 aromatic carbocycles. The Morgan fingerprint density at radius 3 is 2.23 bits per heavy atom. The molecule has 5 nitrogen and oxygen atoms in total. The number of nitrogens with one attached hydrogen (secondary N) is 1. The van der Waals surface area contributed by atoms with Crippen LogP contribution >= 0.6 is 0 Å². The molecular formula is C13H23F3N2O3S. The molecule has 4 N–H and O–H groups in total.